The van der Waals surface area contributed by atoms with Gasteiger partial charge in [-0.25, -0.2) is 9.59 Å². The van der Waals surface area contributed by atoms with Gasteiger partial charge in [-0.2, -0.15) is 9.98 Å². The fourth-order valence-corrected chi connectivity index (χ4v) is 2.61. The van der Waals surface area contributed by atoms with Crippen LogP contribution in [0.15, 0.2) is 46.4 Å². The summed E-state index contributed by atoms with van der Waals surface area (Å²) in [5.74, 6) is 0. The predicted molar refractivity (Wildman–Crippen MR) is 90.3 cm³/mol. The van der Waals surface area contributed by atoms with Crippen molar-refractivity contribution in [3.05, 3.63) is 58.1 Å². The van der Waals surface area contributed by atoms with Gasteiger partial charge in [0, 0.05) is 5.02 Å². The minimum Gasteiger partial charge on any atom is -0.211 e. The molecule has 0 radical (unpaired) electrons. The van der Waals surface area contributed by atoms with Crippen molar-refractivity contribution in [1.29, 1.82) is 0 Å². The van der Waals surface area contributed by atoms with Crippen LogP contribution in [0.2, 0.25) is 5.02 Å². The van der Waals surface area contributed by atoms with E-state index < -0.39 is 0 Å². The minimum absolute atomic E-state index is 0.403. The predicted octanol–water partition coefficient (Wildman–Crippen LogP) is 4.82. The van der Waals surface area contributed by atoms with Crippen LogP contribution < -0.4 is 0 Å². The van der Waals surface area contributed by atoms with Crippen LogP contribution in [0.4, 0.5) is 11.4 Å². The van der Waals surface area contributed by atoms with Crippen LogP contribution in [0.3, 0.4) is 0 Å². The van der Waals surface area contributed by atoms with Gasteiger partial charge in [0.05, 0.1) is 11.4 Å². The molecule has 0 bridgehead atoms. The van der Waals surface area contributed by atoms with Gasteiger partial charge >= 0.3 is 0 Å². The van der Waals surface area contributed by atoms with E-state index >= 15 is 0 Å². The lowest BCUT2D eigenvalue weighted by Gasteiger charge is -2.09. The monoisotopic (exact) mass is 326 g/mol. The first kappa shape index (κ1) is 16.9. The Labute approximate surface area is 139 Å². The van der Waals surface area contributed by atoms with Crippen molar-refractivity contribution in [2.24, 2.45) is 9.98 Å². The molecule has 0 spiro atoms. The Hall–Kier alpha value is -2.51. The summed E-state index contributed by atoms with van der Waals surface area (Å²) in [5, 5.41) is 0.761. The van der Waals surface area contributed by atoms with Gasteiger partial charge in [-0.3, -0.25) is 0 Å². The Morgan fingerprint density at radius 3 is 2.48 bits per heavy atom. The molecule has 2 aromatic rings. The third-order valence-corrected chi connectivity index (χ3v) is 3.80. The summed E-state index contributed by atoms with van der Waals surface area (Å²) in [6, 6.07) is 10.9. The molecule has 0 aromatic heterocycles. The number of rotatable bonds is 6. The highest BCUT2D eigenvalue weighted by molar-refractivity contribution is 6.31. The molecule has 5 heteroatoms. The third kappa shape index (κ3) is 4.48. The standard InChI is InChI=1S/C18H15ClN2O2/c1-2-3-14-8-13(4-7-17(14)19)9-15-5-6-16(20-11-22)10-18(15)21-12-23/h4-8,10H,2-3,9H2,1H3. The van der Waals surface area contributed by atoms with Crippen molar-refractivity contribution in [3.63, 3.8) is 0 Å². The number of nitrogens with zero attached hydrogens (tertiary/aromatic N) is 2. The van der Waals surface area contributed by atoms with Gasteiger partial charge in [0.25, 0.3) is 0 Å². The molecule has 0 unspecified atom stereocenters. The molecule has 0 amide bonds. The number of aryl methyl sites for hydroxylation is 1. The molecule has 0 fully saturated rings. The average Bonchev–Trinajstić information content (AvgIpc) is 2.54. The molecule has 0 heterocycles. The van der Waals surface area contributed by atoms with Crippen molar-refractivity contribution in [1.82, 2.24) is 0 Å². The van der Waals surface area contributed by atoms with E-state index in [1.54, 1.807) is 18.2 Å². The lowest BCUT2D eigenvalue weighted by atomic mass is 9.99. The molecule has 0 N–H and O–H groups in total. The molecule has 2 aromatic carbocycles. The molecule has 4 nitrogen and oxygen atoms in total. The lowest BCUT2D eigenvalue weighted by Crippen LogP contribution is -1.93. The topological polar surface area (TPSA) is 58.9 Å². The van der Waals surface area contributed by atoms with Crippen LogP contribution in [0.1, 0.15) is 30.0 Å². The first-order chi connectivity index (χ1) is 11.2. The zero-order chi connectivity index (χ0) is 16.7. The average molecular weight is 327 g/mol. The highest BCUT2D eigenvalue weighted by Crippen LogP contribution is 2.28. The minimum atomic E-state index is 0.403. The van der Waals surface area contributed by atoms with Crippen molar-refractivity contribution in [2.75, 3.05) is 0 Å². The number of carbonyl (C=O) groups excluding carboxylic acids is 2. The fraction of sp³-hybridized carbons (Fsp3) is 0.222. The van der Waals surface area contributed by atoms with Crippen LogP contribution in [-0.4, -0.2) is 12.2 Å². The number of hydrogen-bond donors (Lipinski definition) is 0. The van der Waals surface area contributed by atoms with Crippen LogP contribution in [0.25, 0.3) is 0 Å². The largest absolute Gasteiger partial charge is 0.240 e. The van der Waals surface area contributed by atoms with Crippen molar-refractivity contribution >= 4 is 35.1 Å². The normalized spacial score (nSPS) is 9.83. The highest BCUT2D eigenvalue weighted by Gasteiger charge is 2.07. The quantitative estimate of drug-likeness (QED) is 0.564. The van der Waals surface area contributed by atoms with Gasteiger partial charge in [-0.1, -0.05) is 43.1 Å². The summed E-state index contributed by atoms with van der Waals surface area (Å²) >= 11 is 6.20. The zero-order valence-corrected chi connectivity index (χ0v) is 13.4. The van der Waals surface area contributed by atoms with E-state index in [1.165, 1.54) is 12.2 Å². The summed E-state index contributed by atoms with van der Waals surface area (Å²) in [7, 11) is 0. The molecule has 0 aliphatic heterocycles. The third-order valence-electron chi connectivity index (χ3n) is 3.43. The van der Waals surface area contributed by atoms with Crippen LogP contribution >= 0.6 is 11.6 Å². The Kier molecular flexibility index (Phi) is 6.02. The summed E-state index contributed by atoms with van der Waals surface area (Å²) in [6.07, 6.45) is 5.53. The number of hydrogen-bond acceptors (Lipinski definition) is 4. The maximum atomic E-state index is 10.6. The summed E-state index contributed by atoms with van der Waals surface area (Å²) < 4.78 is 0. The molecular weight excluding hydrogens is 312 g/mol. The van der Waals surface area contributed by atoms with E-state index in [-0.39, 0.29) is 0 Å². The summed E-state index contributed by atoms with van der Waals surface area (Å²) in [4.78, 5) is 28.2. The number of isocyanates is 2. The fourth-order valence-electron chi connectivity index (χ4n) is 2.40. The second-order valence-corrected chi connectivity index (χ2v) is 5.48. The van der Waals surface area contributed by atoms with E-state index in [0.717, 1.165) is 34.6 Å². The van der Waals surface area contributed by atoms with Gasteiger partial charge in [-0.15, -0.1) is 0 Å². The summed E-state index contributed by atoms with van der Waals surface area (Å²) in [6.45, 7) is 2.10. The van der Waals surface area contributed by atoms with Crippen molar-refractivity contribution < 1.29 is 9.59 Å². The second kappa shape index (κ2) is 8.21. The van der Waals surface area contributed by atoms with Gasteiger partial charge in [-0.05, 0) is 47.7 Å². The molecule has 0 atom stereocenters. The Morgan fingerprint density at radius 2 is 1.78 bits per heavy atom. The maximum absolute atomic E-state index is 10.6. The second-order valence-electron chi connectivity index (χ2n) is 5.07. The Balaban J connectivity index is 2.37. The molecule has 0 saturated heterocycles. The zero-order valence-electron chi connectivity index (χ0n) is 12.7. The number of halogens is 1. The highest BCUT2D eigenvalue weighted by atomic mass is 35.5. The molecule has 0 aliphatic rings. The van der Waals surface area contributed by atoms with Crippen LogP contribution in [0, 0.1) is 0 Å². The maximum Gasteiger partial charge on any atom is 0.240 e. The van der Waals surface area contributed by atoms with Gasteiger partial charge in [0.2, 0.25) is 12.2 Å². The molecular formula is C18H15ClN2O2. The van der Waals surface area contributed by atoms with E-state index in [4.69, 9.17) is 11.6 Å². The first-order valence-electron chi connectivity index (χ1n) is 7.24. The lowest BCUT2D eigenvalue weighted by molar-refractivity contribution is 0.565. The van der Waals surface area contributed by atoms with E-state index in [2.05, 4.69) is 23.0 Å². The molecule has 0 saturated carbocycles. The first-order valence-corrected chi connectivity index (χ1v) is 7.61. The van der Waals surface area contributed by atoms with E-state index in [9.17, 15) is 9.59 Å². The smallest absolute Gasteiger partial charge is 0.211 e. The number of benzene rings is 2. The van der Waals surface area contributed by atoms with Crippen LogP contribution in [-0.2, 0) is 22.4 Å². The van der Waals surface area contributed by atoms with Crippen molar-refractivity contribution in [2.45, 2.75) is 26.2 Å². The molecule has 23 heavy (non-hydrogen) atoms. The van der Waals surface area contributed by atoms with Gasteiger partial charge < -0.3 is 0 Å². The molecule has 0 aliphatic carbocycles. The molecule has 116 valence electrons. The SMILES string of the molecule is CCCc1cc(Cc2ccc(N=C=O)cc2N=C=O)ccc1Cl. The number of aliphatic imine (C=N–C) groups is 2. The molecule has 2 rings (SSSR count). The summed E-state index contributed by atoms with van der Waals surface area (Å²) in [5.41, 5.74) is 3.88. The van der Waals surface area contributed by atoms with Crippen molar-refractivity contribution in [3.8, 4) is 0 Å². The Morgan fingerprint density at radius 1 is 1.00 bits per heavy atom. The van der Waals surface area contributed by atoms with Gasteiger partial charge in [0.15, 0.2) is 0 Å². The van der Waals surface area contributed by atoms with E-state index in [1.807, 2.05) is 12.1 Å². The van der Waals surface area contributed by atoms with Gasteiger partial charge in [0.1, 0.15) is 0 Å². The van der Waals surface area contributed by atoms with Crippen LogP contribution in [0.5, 0.6) is 0 Å². The Bertz CT molecular complexity index is 805. The van der Waals surface area contributed by atoms with E-state index in [0.29, 0.717) is 17.8 Å².